The van der Waals surface area contributed by atoms with E-state index in [2.05, 4.69) is 32.8 Å². The monoisotopic (exact) mass is 784 g/mol. The number of primary amides is 1. The van der Waals surface area contributed by atoms with Crippen LogP contribution in [0.2, 0.25) is 0 Å². The standard InChI is InChI=1S/C21H28N7O17P3.Na.H2O/c22-17-12-19(25-7-24-17)28(8-26-12)21-16(44-46(33,34)35)14(30)11(43-21)6-41-48(38,39)45-47(36,37)40-5-10-13(29)15(31)20(42-10)27-3-1-2-9(4-27)18(23)32;;/h1-4,7-8,10-11,13-16,20-21,29-31H,5-6H2,(H7-,22,23,24,25,32,33,34,35,36,37,38,39);;1H2/q;+1;/t10-,11-,13-,14-,15-,16-,20-,21-;;/m1../s1. The summed E-state index contributed by atoms with van der Waals surface area (Å²) in [5, 5.41) is 31.5. The third kappa shape index (κ3) is 9.74. The van der Waals surface area contributed by atoms with Crippen molar-refractivity contribution < 1.29 is 120 Å². The van der Waals surface area contributed by atoms with Gasteiger partial charge in [-0.3, -0.25) is 23.0 Å². The van der Waals surface area contributed by atoms with Crippen molar-refractivity contribution in [2.75, 3.05) is 18.9 Å². The fourth-order valence-corrected chi connectivity index (χ4v) is 7.42. The molecule has 0 aromatic carbocycles. The summed E-state index contributed by atoms with van der Waals surface area (Å²) < 4.78 is 67.9. The molecule has 10 atom stereocenters. The number of aliphatic hydroxyl groups is 3. The molecule has 272 valence electrons. The first-order valence-corrected chi connectivity index (χ1v) is 17.8. The van der Waals surface area contributed by atoms with E-state index in [1.807, 2.05) is 0 Å². The van der Waals surface area contributed by atoms with Gasteiger partial charge in [-0.15, -0.1) is 0 Å². The Morgan fingerprint density at radius 1 is 1.02 bits per heavy atom. The van der Waals surface area contributed by atoms with E-state index in [4.69, 9.17) is 20.9 Å². The van der Waals surface area contributed by atoms with Crippen LogP contribution in [0, 0.1) is 0 Å². The minimum Gasteiger partial charge on any atom is -0.756 e. The molecule has 12 N–H and O–H groups in total. The molecule has 1 amide bonds. The molecule has 2 saturated heterocycles. The molecule has 0 aliphatic carbocycles. The van der Waals surface area contributed by atoms with E-state index < -0.39 is 91.7 Å². The van der Waals surface area contributed by atoms with Crippen LogP contribution in [-0.4, -0.2) is 111 Å². The van der Waals surface area contributed by atoms with Crippen LogP contribution in [0.15, 0.2) is 37.2 Å². The number of fused-ring (bicyclic) bond motifs is 1. The van der Waals surface area contributed by atoms with Crippen molar-refractivity contribution in [1.29, 1.82) is 0 Å². The van der Waals surface area contributed by atoms with Crippen molar-refractivity contribution >= 4 is 46.4 Å². The first-order valence-electron chi connectivity index (χ1n) is 13.3. The molecule has 29 heteroatoms. The van der Waals surface area contributed by atoms with Gasteiger partial charge in [0, 0.05) is 6.07 Å². The van der Waals surface area contributed by atoms with Crippen molar-refractivity contribution in [2.45, 2.75) is 49.1 Å². The molecule has 2 fully saturated rings. The van der Waals surface area contributed by atoms with Gasteiger partial charge in [0.25, 0.3) is 20.0 Å². The number of carbonyl (C=O) groups excluding carboxylic acids is 1. The molecule has 0 bridgehead atoms. The smallest absolute Gasteiger partial charge is 0.756 e. The Kier molecular flexibility index (Phi) is 14.0. The second-order valence-corrected chi connectivity index (χ2v) is 14.4. The molecule has 2 aliphatic rings. The number of nitrogens with two attached hydrogens (primary N) is 2. The van der Waals surface area contributed by atoms with E-state index >= 15 is 0 Å². The topological polar surface area (TPSA) is 399 Å². The zero-order chi connectivity index (χ0) is 35.2. The molecule has 2 unspecified atom stereocenters. The van der Waals surface area contributed by atoms with Gasteiger partial charge in [0.1, 0.15) is 47.9 Å². The number of phosphoric acid groups is 3. The van der Waals surface area contributed by atoms with Crippen molar-refractivity contribution in [1.82, 2.24) is 19.5 Å². The van der Waals surface area contributed by atoms with Crippen molar-refractivity contribution in [3.8, 4) is 0 Å². The summed E-state index contributed by atoms with van der Waals surface area (Å²) in [6, 6.07) is 2.77. The maximum atomic E-state index is 12.5. The van der Waals surface area contributed by atoms with Gasteiger partial charge in [-0.1, -0.05) is 0 Å². The van der Waals surface area contributed by atoms with Crippen LogP contribution in [0.4, 0.5) is 5.82 Å². The van der Waals surface area contributed by atoms with Crippen LogP contribution in [0.5, 0.6) is 0 Å². The molecule has 3 aromatic rings. The molecule has 50 heavy (non-hydrogen) atoms. The average molecular weight is 784 g/mol. The van der Waals surface area contributed by atoms with Gasteiger partial charge in [-0.2, -0.15) is 4.57 Å². The molecule has 0 spiro atoms. The zero-order valence-corrected chi connectivity index (χ0v) is 30.1. The molecule has 5 heterocycles. The second kappa shape index (κ2) is 16.4. The summed E-state index contributed by atoms with van der Waals surface area (Å²) in [4.78, 5) is 64.4. The SMILES string of the molecule is NC(=O)c1ccc[n+]([C@@H]2O[C@H](COP(=O)([O-])OP(=O)(O)OC[C@H]3O[C@@H](n4cnc5c(N)ncnc54)[C@H](OP(=O)(O)O)[C@@H]3O)[C@@H](O)[C@H]2O)c1.O.[Na+]. The van der Waals surface area contributed by atoms with E-state index in [-0.39, 0.29) is 57.6 Å². The molecule has 2 aliphatic heterocycles. The fraction of sp³-hybridized carbons (Fsp3) is 0.476. The first kappa shape index (κ1) is 42.5. The van der Waals surface area contributed by atoms with Gasteiger partial charge < -0.3 is 65.8 Å². The number of amides is 1. The number of imidazole rings is 1. The number of anilines is 1. The van der Waals surface area contributed by atoms with Crippen LogP contribution >= 0.6 is 23.5 Å². The summed E-state index contributed by atoms with van der Waals surface area (Å²) in [6.07, 6.45) is -8.59. The van der Waals surface area contributed by atoms with E-state index in [1.165, 1.54) is 29.1 Å². The summed E-state index contributed by atoms with van der Waals surface area (Å²) in [6.45, 7) is -2.12. The van der Waals surface area contributed by atoms with Gasteiger partial charge in [0.05, 0.1) is 19.5 Å². The van der Waals surface area contributed by atoms with Gasteiger partial charge in [-0.05, 0) is 6.07 Å². The number of ether oxygens (including phenoxy) is 2. The fourth-order valence-electron chi connectivity index (χ4n) is 4.82. The van der Waals surface area contributed by atoms with Crippen LogP contribution in [-0.2, 0) is 41.1 Å². The Labute approximate surface area is 301 Å². The Balaban J connectivity index is 0.00000338. The number of aromatic nitrogens is 5. The predicted octanol–water partition coefficient (Wildman–Crippen LogP) is -7.35. The van der Waals surface area contributed by atoms with Crippen molar-refractivity contribution in [3.63, 3.8) is 0 Å². The summed E-state index contributed by atoms with van der Waals surface area (Å²) >= 11 is 0. The van der Waals surface area contributed by atoms with E-state index in [9.17, 15) is 53.4 Å². The van der Waals surface area contributed by atoms with E-state index in [1.54, 1.807) is 0 Å². The molecule has 0 radical (unpaired) electrons. The summed E-state index contributed by atoms with van der Waals surface area (Å²) in [7, 11) is -16.6. The minimum absolute atomic E-state index is 0. The number of rotatable bonds is 13. The number of nitrogen functional groups attached to an aromatic ring is 1. The number of hydrogen-bond acceptors (Lipinski definition) is 18. The number of aliphatic hydroxyl groups excluding tert-OH is 3. The average Bonchev–Trinajstić information content (AvgIpc) is 3.64. The number of carbonyl (C=O) groups is 1. The largest absolute Gasteiger partial charge is 1.00 e. The Morgan fingerprint density at radius 2 is 1.68 bits per heavy atom. The third-order valence-corrected chi connectivity index (χ3v) is 10.1. The maximum Gasteiger partial charge on any atom is 1.00 e. The van der Waals surface area contributed by atoms with Gasteiger partial charge in [0.15, 0.2) is 36.2 Å². The first-order chi connectivity index (χ1) is 22.4. The van der Waals surface area contributed by atoms with E-state index in [0.29, 0.717) is 0 Å². The zero-order valence-electron chi connectivity index (χ0n) is 25.4. The maximum absolute atomic E-state index is 12.5. The summed E-state index contributed by atoms with van der Waals surface area (Å²) in [5.74, 6) is -0.862. The number of nitrogens with zero attached hydrogens (tertiary/aromatic N) is 5. The van der Waals surface area contributed by atoms with Gasteiger partial charge in [0.2, 0.25) is 0 Å². The molecule has 5 rings (SSSR count). The molecule has 3 aromatic heterocycles. The second-order valence-electron chi connectivity index (χ2n) is 10.2. The molecule has 25 nitrogen and oxygen atoms in total. The molecular weight excluding hydrogens is 754 g/mol. The Morgan fingerprint density at radius 3 is 2.34 bits per heavy atom. The number of pyridine rings is 1. The third-order valence-electron chi connectivity index (χ3n) is 6.97. The normalized spacial score (nSPS) is 29.1. The molecule has 0 saturated carbocycles. The van der Waals surface area contributed by atoms with Crippen LogP contribution in [0.25, 0.3) is 11.2 Å². The van der Waals surface area contributed by atoms with Crippen molar-refractivity contribution in [2.24, 2.45) is 5.73 Å². The quantitative estimate of drug-likeness (QED) is 0.0453. The van der Waals surface area contributed by atoms with E-state index in [0.717, 1.165) is 17.2 Å². The number of hydrogen-bond donors (Lipinski definition) is 8. The Hall–Kier alpha value is -1.90. The Bertz CT molecular complexity index is 1820. The molecular formula is C21H30N7NaO18P3+. The van der Waals surface area contributed by atoms with Gasteiger partial charge in [-0.25, -0.2) is 28.4 Å². The minimum atomic E-state index is -5.72. The van der Waals surface area contributed by atoms with Crippen LogP contribution < -0.4 is 50.5 Å². The van der Waals surface area contributed by atoms with Crippen LogP contribution in [0.1, 0.15) is 22.8 Å². The summed E-state index contributed by atoms with van der Waals surface area (Å²) in [5.41, 5.74) is 11.1. The number of phosphoric ester groups is 3. The van der Waals surface area contributed by atoms with Crippen molar-refractivity contribution in [3.05, 3.63) is 42.7 Å². The predicted molar refractivity (Wildman–Crippen MR) is 152 cm³/mol. The van der Waals surface area contributed by atoms with Gasteiger partial charge >= 0.3 is 45.2 Å². The van der Waals surface area contributed by atoms with Crippen LogP contribution in [0.3, 0.4) is 0 Å².